The lowest BCUT2D eigenvalue weighted by Crippen LogP contribution is -2.36. The summed E-state index contributed by atoms with van der Waals surface area (Å²) in [5.74, 6) is 0.727. The standard InChI is InChI=1S/C10H17N3OS2/c1-14-6-9-2-4-12(5-3-9)8-13-10(15)16-7-11-13/h7,9H,2-6,8H2,1H3. The van der Waals surface area contributed by atoms with E-state index in [0.717, 1.165) is 36.2 Å². The van der Waals surface area contributed by atoms with E-state index in [1.807, 2.05) is 4.68 Å². The monoisotopic (exact) mass is 259 g/mol. The second kappa shape index (κ2) is 5.86. The zero-order valence-electron chi connectivity index (χ0n) is 9.46. The van der Waals surface area contributed by atoms with Crippen LogP contribution in [0.4, 0.5) is 0 Å². The Balaban J connectivity index is 1.81. The number of piperidine rings is 1. The molecule has 1 saturated heterocycles. The maximum atomic E-state index is 5.19. The molecule has 0 N–H and O–H groups in total. The van der Waals surface area contributed by atoms with Gasteiger partial charge in [0.2, 0.25) is 0 Å². The molecule has 0 bridgehead atoms. The third-order valence-electron chi connectivity index (χ3n) is 2.99. The minimum absolute atomic E-state index is 0.727. The number of hydrogen-bond donors (Lipinski definition) is 0. The number of rotatable bonds is 4. The van der Waals surface area contributed by atoms with Crippen molar-refractivity contribution in [2.45, 2.75) is 19.5 Å². The van der Waals surface area contributed by atoms with E-state index < -0.39 is 0 Å². The van der Waals surface area contributed by atoms with Crippen LogP contribution in [0.15, 0.2) is 5.51 Å². The second-order valence-corrected chi connectivity index (χ2v) is 5.64. The van der Waals surface area contributed by atoms with Gasteiger partial charge in [0.15, 0.2) is 3.95 Å². The minimum Gasteiger partial charge on any atom is -0.384 e. The van der Waals surface area contributed by atoms with Crippen molar-refractivity contribution in [1.29, 1.82) is 0 Å². The molecule has 1 fully saturated rings. The number of aromatic nitrogens is 2. The molecule has 0 radical (unpaired) electrons. The van der Waals surface area contributed by atoms with Gasteiger partial charge in [-0.3, -0.25) is 4.90 Å². The van der Waals surface area contributed by atoms with Crippen LogP contribution in [0, 0.1) is 9.87 Å². The van der Waals surface area contributed by atoms with Gasteiger partial charge in [0, 0.05) is 26.8 Å². The molecule has 90 valence electrons. The topological polar surface area (TPSA) is 30.3 Å². The van der Waals surface area contributed by atoms with Crippen LogP contribution in [0.5, 0.6) is 0 Å². The molecule has 1 aliphatic heterocycles. The highest BCUT2D eigenvalue weighted by Crippen LogP contribution is 2.17. The van der Waals surface area contributed by atoms with Crippen molar-refractivity contribution in [2.24, 2.45) is 5.92 Å². The smallest absolute Gasteiger partial charge is 0.180 e. The van der Waals surface area contributed by atoms with E-state index in [0.29, 0.717) is 0 Å². The Morgan fingerprint density at radius 1 is 1.56 bits per heavy atom. The van der Waals surface area contributed by atoms with E-state index in [2.05, 4.69) is 10.00 Å². The minimum atomic E-state index is 0.727. The predicted octanol–water partition coefficient (Wildman–Crippen LogP) is 1.99. The lowest BCUT2D eigenvalue weighted by atomic mass is 9.98. The molecule has 0 unspecified atom stereocenters. The average molecular weight is 259 g/mol. The van der Waals surface area contributed by atoms with Crippen LogP contribution in [-0.2, 0) is 11.4 Å². The van der Waals surface area contributed by atoms with Crippen molar-refractivity contribution < 1.29 is 4.74 Å². The van der Waals surface area contributed by atoms with E-state index in [-0.39, 0.29) is 0 Å². The van der Waals surface area contributed by atoms with Crippen LogP contribution in [-0.4, -0.2) is 41.5 Å². The Bertz CT molecular complexity index is 368. The average Bonchev–Trinajstić information content (AvgIpc) is 2.68. The van der Waals surface area contributed by atoms with Gasteiger partial charge in [-0.2, -0.15) is 5.10 Å². The first kappa shape index (κ1) is 12.2. The van der Waals surface area contributed by atoms with Crippen LogP contribution in [0.25, 0.3) is 0 Å². The van der Waals surface area contributed by atoms with Gasteiger partial charge in [0.05, 0.1) is 6.67 Å². The van der Waals surface area contributed by atoms with E-state index >= 15 is 0 Å². The summed E-state index contributed by atoms with van der Waals surface area (Å²) in [7, 11) is 1.78. The number of nitrogens with zero attached hydrogens (tertiary/aromatic N) is 3. The fourth-order valence-electron chi connectivity index (χ4n) is 2.05. The SMILES string of the molecule is COCC1CCN(Cn2ncsc2=S)CC1. The van der Waals surface area contributed by atoms with Crippen LogP contribution in [0.2, 0.25) is 0 Å². The van der Waals surface area contributed by atoms with Gasteiger partial charge in [0.1, 0.15) is 5.51 Å². The molecule has 1 aliphatic rings. The van der Waals surface area contributed by atoms with Gasteiger partial charge in [-0.1, -0.05) is 11.3 Å². The summed E-state index contributed by atoms with van der Waals surface area (Å²) in [6.07, 6.45) is 2.43. The molecule has 0 aromatic carbocycles. The summed E-state index contributed by atoms with van der Waals surface area (Å²) < 4.78 is 7.95. The molecule has 0 saturated carbocycles. The Hall–Kier alpha value is -0.300. The van der Waals surface area contributed by atoms with Gasteiger partial charge >= 0.3 is 0 Å². The fourth-order valence-corrected chi connectivity index (χ4v) is 2.76. The number of hydrogen-bond acceptors (Lipinski definition) is 5. The van der Waals surface area contributed by atoms with Crippen LogP contribution < -0.4 is 0 Å². The Labute approximate surface area is 105 Å². The van der Waals surface area contributed by atoms with Crippen LogP contribution in [0.3, 0.4) is 0 Å². The Kier molecular flexibility index (Phi) is 4.45. The molecule has 0 amide bonds. The van der Waals surface area contributed by atoms with Crippen LogP contribution >= 0.6 is 23.6 Å². The first-order valence-corrected chi connectivity index (χ1v) is 6.80. The van der Waals surface area contributed by atoms with E-state index in [4.69, 9.17) is 17.0 Å². The molecule has 0 spiro atoms. The molecule has 1 aromatic heterocycles. The number of methoxy groups -OCH3 is 1. The maximum Gasteiger partial charge on any atom is 0.180 e. The molecule has 0 atom stereocenters. The Morgan fingerprint density at radius 2 is 2.31 bits per heavy atom. The lowest BCUT2D eigenvalue weighted by molar-refractivity contribution is 0.0839. The van der Waals surface area contributed by atoms with Gasteiger partial charge in [0.25, 0.3) is 0 Å². The summed E-state index contributed by atoms with van der Waals surface area (Å²) in [4.78, 5) is 2.40. The second-order valence-electron chi connectivity index (χ2n) is 4.16. The summed E-state index contributed by atoms with van der Waals surface area (Å²) >= 11 is 6.71. The summed E-state index contributed by atoms with van der Waals surface area (Å²) in [5.41, 5.74) is 1.81. The van der Waals surface area contributed by atoms with Crippen molar-refractivity contribution in [2.75, 3.05) is 26.8 Å². The zero-order chi connectivity index (χ0) is 11.4. The summed E-state index contributed by atoms with van der Waals surface area (Å²) in [6.45, 7) is 3.96. The van der Waals surface area contributed by atoms with Crippen molar-refractivity contribution >= 4 is 23.6 Å². The van der Waals surface area contributed by atoms with Crippen molar-refractivity contribution in [1.82, 2.24) is 14.7 Å². The maximum absolute atomic E-state index is 5.19. The van der Waals surface area contributed by atoms with Gasteiger partial charge in [-0.25, -0.2) is 4.68 Å². The van der Waals surface area contributed by atoms with Gasteiger partial charge in [-0.05, 0) is 31.0 Å². The molecular formula is C10H17N3OS2. The molecular weight excluding hydrogens is 242 g/mol. The van der Waals surface area contributed by atoms with E-state index in [1.165, 1.54) is 24.2 Å². The predicted molar refractivity (Wildman–Crippen MR) is 67.1 cm³/mol. The summed E-state index contributed by atoms with van der Waals surface area (Å²) in [5, 5.41) is 4.23. The molecule has 4 nitrogen and oxygen atoms in total. The number of ether oxygens (including phenoxy) is 1. The van der Waals surface area contributed by atoms with Gasteiger partial charge in [-0.15, -0.1) is 0 Å². The third kappa shape index (κ3) is 3.10. The van der Waals surface area contributed by atoms with Crippen LogP contribution in [0.1, 0.15) is 12.8 Å². The first-order valence-electron chi connectivity index (χ1n) is 5.51. The van der Waals surface area contributed by atoms with Crippen molar-refractivity contribution in [3.8, 4) is 0 Å². The quantitative estimate of drug-likeness (QED) is 0.774. The fraction of sp³-hybridized carbons (Fsp3) is 0.800. The highest BCUT2D eigenvalue weighted by molar-refractivity contribution is 7.73. The molecule has 1 aromatic rings. The Morgan fingerprint density at radius 3 is 2.88 bits per heavy atom. The molecule has 16 heavy (non-hydrogen) atoms. The number of likely N-dealkylation sites (tertiary alicyclic amines) is 1. The van der Waals surface area contributed by atoms with Crippen molar-refractivity contribution in [3.05, 3.63) is 9.46 Å². The molecule has 2 rings (SSSR count). The molecule has 0 aliphatic carbocycles. The van der Waals surface area contributed by atoms with Crippen molar-refractivity contribution in [3.63, 3.8) is 0 Å². The van der Waals surface area contributed by atoms with Gasteiger partial charge < -0.3 is 4.74 Å². The summed E-state index contributed by atoms with van der Waals surface area (Å²) in [6, 6.07) is 0. The molecule has 2 heterocycles. The largest absolute Gasteiger partial charge is 0.384 e. The zero-order valence-corrected chi connectivity index (χ0v) is 11.1. The first-order chi connectivity index (χ1) is 7.79. The molecule has 6 heteroatoms. The lowest BCUT2D eigenvalue weighted by Gasteiger charge is -2.31. The van der Waals surface area contributed by atoms with E-state index in [1.54, 1.807) is 12.6 Å². The normalized spacial score (nSPS) is 19.1. The highest BCUT2D eigenvalue weighted by atomic mass is 32.1. The van der Waals surface area contributed by atoms with E-state index in [9.17, 15) is 0 Å². The third-order valence-corrected chi connectivity index (χ3v) is 4.11. The highest BCUT2D eigenvalue weighted by Gasteiger charge is 2.19.